The lowest BCUT2D eigenvalue weighted by atomic mass is 10.1. The van der Waals surface area contributed by atoms with Crippen molar-refractivity contribution in [1.82, 2.24) is 10.3 Å². The van der Waals surface area contributed by atoms with Crippen LogP contribution < -0.4 is 10.2 Å². The van der Waals surface area contributed by atoms with Crippen molar-refractivity contribution < 1.29 is 0 Å². The first kappa shape index (κ1) is 15.5. The first-order chi connectivity index (χ1) is 10.2. The fraction of sp³-hybridized carbons (Fsp3) is 0.389. The van der Waals surface area contributed by atoms with Crippen LogP contribution in [0.5, 0.6) is 0 Å². The summed E-state index contributed by atoms with van der Waals surface area (Å²) in [4.78, 5) is 6.91. The number of nitrogens with one attached hydrogen (secondary N) is 1. The molecule has 0 atom stereocenters. The molecule has 2 rings (SSSR count). The van der Waals surface area contributed by atoms with E-state index in [1.807, 2.05) is 0 Å². The number of anilines is 1. The van der Waals surface area contributed by atoms with Crippen LogP contribution in [0.4, 0.5) is 5.82 Å². The number of hydrogen-bond donors (Lipinski definition) is 1. The van der Waals surface area contributed by atoms with Gasteiger partial charge in [0, 0.05) is 20.1 Å². The normalized spacial score (nSPS) is 10.6. The number of nitrogens with zero attached hydrogens (tertiary/aromatic N) is 2. The quantitative estimate of drug-likeness (QED) is 0.788. The highest BCUT2D eigenvalue weighted by Gasteiger charge is 2.04. The van der Waals surface area contributed by atoms with Gasteiger partial charge in [0.1, 0.15) is 5.82 Å². The third-order valence-electron chi connectivity index (χ3n) is 3.46. The van der Waals surface area contributed by atoms with Gasteiger partial charge in [0.2, 0.25) is 0 Å². The van der Waals surface area contributed by atoms with Crippen molar-refractivity contribution >= 4 is 5.82 Å². The van der Waals surface area contributed by atoms with E-state index >= 15 is 0 Å². The average Bonchev–Trinajstić information content (AvgIpc) is 2.50. The van der Waals surface area contributed by atoms with Gasteiger partial charge in [0.25, 0.3) is 0 Å². The van der Waals surface area contributed by atoms with Crippen molar-refractivity contribution in [3.63, 3.8) is 0 Å². The molecule has 0 aliphatic rings. The SMILES string of the molecule is CCCNCc1cccc(N(C)Cc2ccc(C)cc2)n1. The average molecular weight is 283 g/mol. The molecule has 0 radical (unpaired) electrons. The van der Waals surface area contributed by atoms with Gasteiger partial charge < -0.3 is 10.2 Å². The minimum absolute atomic E-state index is 0.833. The Balaban J connectivity index is 1.99. The lowest BCUT2D eigenvalue weighted by molar-refractivity contribution is 0.663. The second-order valence-corrected chi connectivity index (χ2v) is 5.51. The maximum absolute atomic E-state index is 4.72. The second kappa shape index (κ2) is 7.79. The van der Waals surface area contributed by atoms with Crippen LogP contribution in [0.15, 0.2) is 42.5 Å². The van der Waals surface area contributed by atoms with Crippen molar-refractivity contribution in [2.24, 2.45) is 0 Å². The highest BCUT2D eigenvalue weighted by Crippen LogP contribution is 2.14. The van der Waals surface area contributed by atoms with Gasteiger partial charge in [0.15, 0.2) is 0 Å². The maximum Gasteiger partial charge on any atom is 0.128 e. The van der Waals surface area contributed by atoms with Crippen molar-refractivity contribution in [3.8, 4) is 0 Å². The summed E-state index contributed by atoms with van der Waals surface area (Å²) in [5.41, 5.74) is 3.69. The fourth-order valence-corrected chi connectivity index (χ4v) is 2.22. The molecule has 3 nitrogen and oxygen atoms in total. The number of pyridine rings is 1. The Morgan fingerprint density at radius 2 is 1.86 bits per heavy atom. The predicted molar refractivity (Wildman–Crippen MR) is 89.5 cm³/mol. The van der Waals surface area contributed by atoms with Crippen molar-refractivity contribution in [2.45, 2.75) is 33.4 Å². The number of aromatic nitrogens is 1. The summed E-state index contributed by atoms with van der Waals surface area (Å²) < 4.78 is 0. The summed E-state index contributed by atoms with van der Waals surface area (Å²) in [5.74, 6) is 1.02. The zero-order chi connectivity index (χ0) is 15.1. The molecule has 0 spiro atoms. The Labute approximate surface area is 128 Å². The minimum atomic E-state index is 0.833. The van der Waals surface area contributed by atoms with Crippen molar-refractivity contribution in [2.75, 3.05) is 18.5 Å². The molecule has 2 aromatic rings. The molecular weight excluding hydrogens is 258 g/mol. The van der Waals surface area contributed by atoms with Crippen LogP contribution in [0.1, 0.15) is 30.2 Å². The molecule has 0 amide bonds. The van der Waals surface area contributed by atoms with Gasteiger partial charge in [-0.05, 0) is 37.6 Å². The van der Waals surface area contributed by atoms with Crippen LogP contribution >= 0.6 is 0 Å². The van der Waals surface area contributed by atoms with Crippen LogP contribution in [0.2, 0.25) is 0 Å². The lowest BCUT2D eigenvalue weighted by Gasteiger charge is -2.19. The molecular formula is C18H25N3. The largest absolute Gasteiger partial charge is 0.355 e. The molecule has 112 valence electrons. The van der Waals surface area contributed by atoms with Gasteiger partial charge in [-0.3, -0.25) is 0 Å². The molecule has 0 saturated heterocycles. The summed E-state index contributed by atoms with van der Waals surface area (Å²) >= 11 is 0. The van der Waals surface area contributed by atoms with E-state index in [4.69, 9.17) is 4.98 Å². The maximum atomic E-state index is 4.72. The summed E-state index contributed by atoms with van der Waals surface area (Å²) in [5, 5.41) is 3.39. The molecule has 1 aromatic heterocycles. The molecule has 1 N–H and O–H groups in total. The molecule has 1 aromatic carbocycles. The second-order valence-electron chi connectivity index (χ2n) is 5.51. The highest BCUT2D eigenvalue weighted by atomic mass is 15.2. The third-order valence-corrected chi connectivity index (χ3v) is 3.46. The number of benzene rings is 1. The van der Waals surface area contributed by atoms with Crippen LogP contribution in [0.25, 0.3) is 0 Å². The summed E-state index contributed by atoms with van der Waals surface area (Å²) in [6.07, 6.45) is 1.15. The van der Waals surface area contributed by atoms with Crippen molar-refractivity contribution in [3.05, 3.63) is 59.3 Å². The number of hydrogen-bond acceptors (Lipinski definition) is 3. The topological polar surface area (TPSA) is 28.2 Å². The summed E-state index contributed by atoms with van der Waals surface area (Å²) in [6.45, 7) is 7.03. The molecule has 0 aliphatic carbocycles. The van der Waals surface area contributed by atoms with Crippen LogP contribution in [-0.2, 0) is 13.1 Å². The molecule has 0 saturated carbocycles. The standard InChI is InChI=1S/C18H25N3/c1-4-12-19-13-17-6-5-7-18(20-17)21(3)14-16-10-8-15(2)9-11-16/h5-11,19H,4,12-14H2,1-3H3. The Morgan fingerprint density at radius 1 is 1.10 bits per heavy atom. The molecule has 21 heavy (non-hydrogen) atoms. The highest BCUT2D eigenvalue weighted by molar-refractivity contribution is 5.39. The zero-order valence-corrected chi connectivity index (χ0v) is 13.3. The van der Waals surface area contributed by atoms with E-state index in [1.54, 1.807) is 0 Å². The summed E-state index contributed by atoms with van der Waals surface area (Å²) in [6, 6.07) is 14.9. The Morgan fingerprint density at radius 3 is 2.57 bits per heavy atom. The molecule has 0 fully saturated rings. The fourth-order valence-electron chi connectivity index (χ4n) is 2.22. The lowest BCUT2D eigenvalue weighted by Crippen LogP contribution is -2.19. The van der Waals surface area contributed by atoms with Gasteiger partial charge in [0.05, 0.1) is 5.69 Å². The molecule has 0 unspecified atom stereocenters. The van der Waals surface area contributed by atoms with Gasteiger partial charge in [-0.25, -0.2) is 4.98 Å². The predicted octanol–water partition coefficient (Wildman–Crippen LogP) is 3.53. The van der Waals surface area contributed by atoms with E-state index in [-0.39, 0.29) is 0 Å². The first-order valence-electron chi connectivity index (χ1n) is 7.62. The van der Waals surface area contributed by atoms with E-state index in [0.717, 1.165) is 37.6 Å². The molecule has 0 aliphatic heterocycles. The molecule has 3 heteroatoms. The van der Waals surface area contributed by atoms with E-state index in [2.05, 4.69) is 73.6 Å². The van der Waals surface area contributed by atoms with E-state index in [9.17, 15) is 0 Å². The Bertz CT molecular complexity index is 549. The third kappa shape index (κ3) is 4.87. The van der Waals surface area contributed by atoms with Crippen LogP contribution in [0, 0.1) is 6.92 Å². The zero-order valence-electron chi connectivity index (χ0n) is 13.3. The monoisotopic (exact) mass is 283 g/mol. The van der Waals surface area contributed by atoms with Gasteiger partial charge in [-0.2, -0.15) is 0 Å². The Hall–Kier alpha value is -1.87. The number of rotatable bonds is 7. The molecule has 0 bridgehead atoms. The molecule has 1 heterocycles. The van der Waals surface area contributed by atoms with Crippen LogP contribution in [0.3, 0.4) is 0 Å². The van der Waals surface area contributed by atoms with Crippen LogP contribution in [-0.4, -0.2) is 18.6 Å². The van der Waals surface area contributed by atoms with Gasteiger partial charge >= 0.3 is 0 Å². The smallest absolute Gasteiger partial charge is 0.128 e. The number of aryl methyl sites for hydroxylation is 1. The van der Waals surface area contributed by atoms with E-state index in [1.165, 1.54) is 11.1 Å². The van der Waals surface area contributed by atoms with Gasteiger partial charge in [-0.15, -0.1) is 0 Å². The van der Waals surface area contributed by atoms with Crippen molar-refractivity contribution in [1.29, 1.82) is 0 Å². The Kier molecular flexibility index (Phi) is 5.76. The van der Waals surface area contributed by atoms with E-state index in [0.29, 0.717) is 0 Å². The van der Waals surface area contributed by atoms with E-state index < -0.39 is 0 Å². The first-order valence-corrected chi connectivity index (χ1v) is 7.62. The minimum Gasteiger partial charge on any atom is -0.355 e. The van der Waals surface area contributed by atoms with Gasteiger partial charge in [-0.1, -0.05) is 42.8 Å². The summed E-state index contributed by atoms with van der Waals surface area (Å²) in [7, 11) is 2.09.